The third-order valence-corrected chi connectivity index (χ3v) is 2.72. The van der Waals surface area contributed by atoms with Crippen LogP contribution >= 0.6 is 0 Å². The van der Waals surface area contributed by atoms with Crippen molar-refractivity contribution in [2.45, 2.75) is 0 Å². The minimum absolute atomic E-state index is 0.573. The Morgan fingerprint density at radius 2 is 1.71 bits per heavy atom. The van der Waals surface area contributed by atoms with Gasteiger partial charge in [-0.05, 0) is 24.3 Å². The summed E-state index contributed by atoms with van der Waals surface area (Å²) >= 11 is 0. The summed E-state index contributed by atoms with van der Waals surface area (Å²) in [4.78, 5) is 4.20. The number of para-hydroxylation sites is 1. The predicted octanol–water partition coefficient (Wildman–Crippen LogP) is 2.54. The Hall–Kier alpha value is -2.42. The summed E-state index contributed by atoms with van der Waals surface area (Å²) in [6, 6.07) is 16.8. The van der Waals surface area contributed by atoms with Crippen LogP contribution in [0.5, 0.6) is 0 Å². The topological polar surface area (TPSA) is 39.8 Å². The van der Waals surface area contributed by atoms with Gasteiger partial charge in [0.2, 0.25) is 11.2 Å². The lowest BCUT2D eigenvalue weighted by atomic mass is 10.1. The molecule has 0 N–H and O–H groups in total. The van der Waals surface area contributed by atoms with E-state index in [0.29, 0.717) is 16.9 Å². The van der Waals surface area contributed by atoms with E-state index in [9.17, 15) is 5.21 Å². The lowest BCUT2D eigenvalue weighted by molar-refractivity contribution is -0.565. The Bertz CT molecular complexity index is 665. The van der Waals surface area contributed by atoms with E-state index in [4.69, 9.17) is 0 Å². The minimum atomic E-state index is 0.573. The fourth-order valence-electron chi connectivity index (χ4n) is 1.88. The molecule has 3 heteroatoms. The van der Waals surface area contributed by atoms with Crippen molar-refractivity contribution in [2.24, 2.45) is 0 Å². The molecule has 0 unspecified atom stereocenters. The Kier molecular flexibility index (Phi) is 2.22. The molecular formula is C14H10N2O. The second-order valence-corrected chi connectivity index (χ2v) is 3.79. The van der Waals surface area contributed by atoms with E-state index in [2.05, 4.69) is 4.98 Å². The first-order valence-corrected chi connectivity index (χ1v) is 5.39. The second kappa shape index (κ2) is 3.87. The van der Waals surface area contributed by atoms with Gasteiger partial charge in [-0.3, -0.25) is 0 Å². The average molecular weight is 222 g/mol. The first kappa shape index (κ1) is 9.78. The van der Waals surface area contributed by atoms with Crippen LogP contribution in [-0.2, 0) is 0 Å². The van der Waals surface area contributed by atoms with Crippen LogP contribution in [0.15, 0.2) is 60.8 Å². The summed E-state index contributed by atoms with van der Waals surface area (Å²) in [7, 11) is 0. The fraction of sp³-hybridized carbons (Fsp3) is 0. The number of hydrogen-bond acceptors (Lipinski definition) is 2. The van der Waals surface area contributed by atoms with Crippen LogP contribution in [0.2, 0.25) is 0 Å². The number of nitrogens with zero attached hydrogens (tertiary/aromatic N) is 2. The zero-order valence-electron chi connectivity index (χ0n) is 9.08. The summed E-state index contributed by atoms with van der Waals surface area (Å²) in [6.07, 6.45) is 1.69. The highest BCUT2D eigenvalue weighted by atomic mass is 16.5. The van der Waals surface area contributed by atoms with Crippen LogP contribution in [0.3, 0.4) is 0 Å². The van der Waals surface area contributed by atoms with Crippen LogP contribution in [0, 0.1) is 5.21 Å². The van der Waals surface area contributed by atoms with E-state index >= 15 is 0 Å². The molecule has 0 aliphatic carbocycles. The molecule has 3 nitrogen and oxygen atoms in total. The maximum absolute atomic E-state index is 12.2. The van der Waals surface area contributed by atoms with E-state index in [1.165, 1.54) is 0 Å². The molecule has 17 heavy (non-hydrogen) atoms. The van der Waals surface area contributed by atoms with Gasteiger partial charge in [-0.1, -0.05) is 18.2 Å². The number of hydrogen-bond donors (Lipinski definition) is 0. The molecule has 0 fully saturated rings. The van der Waals surface area contributed by atoms with Gasteiger partial charge in [0.1, 0.15) is 5.69 Å². The van der Waals surface area contributed by atoms with Gasteiger partial charge < -0.3 is 5.21 Å². The molecule has 0 saturated heterocycles. The molecule has 0 amide bonds. The SMILES string of the molecule is [O-][n+]1c(-c2ccccn2)ccc2ccccc21. The number of pyridine rings is 2. The molecule has 0 bridgehead atoms. The minimum Gasteiger partial charge on any atom is -0.618 e. The molecule has 0 aliphatic rings. The van der Waals surface area contributed by atoms with Crippen molar-refractivity contribution in [1.82, 2.24) is 4.98 Å². The lowest BCUT2D eigenvalue weighted by Crippen LogP contribution is -2.30. The zero-order valence-corrected chi connectivity index (χ0v) is 9.08. The summed E-state index contributed by atoms with van der Waals surface area (Å²) in [6.45, 7) is 0. The molecular weight excluding hydrogens is 212 g/mol. The van der Waals surface area contributed by atoms with E-state index in [0.717, 1.165) is 10.1 Å². The summed E-state index contributed by atoms with van der Waals surface area (Å²) in [5.74, 6) is 0. The van der Waals surface area contributed by atoms with Gasteiger partial charge in [0, 0.05) is 23.7 Å². The number of fused-ring (bicyclic) bond motifs is 1. The van der Waals surface area contributed by atoms with Crippen molar-refractivity contribution in [3.8, 4) is 11.4 Å². The molecule has 0 saturated carbocycles. The third kappa shape index (κ3) is 1.61. The maximum atomic E-state index is 12.2. The fourth-order valence-corrected chi connectivity index (χ4v) is 1.88. The Morgan fingerprint density at radius 3 is 2.53 bits per heavy atom. The van der Waals surface area contributed by atoms with Crippen LogP contribution in [0.4, 0.5) is 0 Å². The van der Waals surface area contributed by atoms with Gasteiger partial charge >= 0.3 is 0 Å². The second-order valence-electron chi connectivity index (χ2n) is 3.79. The van der Waals surface area contributed by atoms with Crippen LogP contribution < -0.4 is 4.73 Å². The molecule has 0 spiro atoms. The number of rotatable bonds is 1. The predicted molar refractivity (Wildman–Crippen MR) is 66.1 cm³/mol. The standard InChI is InChI=1S/C14H10N2O/c17-16-13-7-2-1-5-11(13)8-9-14(16)12-6-3-4-10-15-12/h1-10H. The van der Waals surface area contributed by atoms with E-state index < -0.39 is 0 Å². The van der Waals surface area contributed by atoms with Gasteiger partial charge in [-0.2, -0.15) is 4.73 Å². The smallest absolute Gasteiger partial charge is 0.242 e. The highest BCUT2D eigenvalue weighted by molar-refractivity contribution is 5.77. The van der Waals surface area contributed by atoms with Gasteiger partial charge in [0.15, 0.2) is 0 Å². The summed E-state index contributed by atoms with van der Waals surface area (Å²) < 4.78 is 0.928. The molecule has 0 radical (unpaired) electrons. The largest absolute Gasteiger partial charge is 0.618 e. The molecule has 2 aromatic heterocycles. The van der Waals surface area contributed by atoms with Crippen molar-refractivity contribution in [1.29, 1.82) is 0 Å². The highest BCUT2D eigenvalue weighted by Crippen LogP contribution is 2.16. The zero-order chi connectivity index (χ0) is 11.7. The molecule has 0 atom stereocenters. The van der Waals surface area contributed by atoms with Crippen molar-refractivity contribution in [3.63, 3.8) is 0 Å². The van der Waals surface area contributed by atoms with E-state index in [1.54, 1.807) is 12.3 Å². The van der Waals surface area contributed by atoms with Crippen molar-refractivity contribution in [2.75, 3.05) is 0 Å². The molecule has 2 heterocycles. The monoisotopic (exact) mass is 222 g/mol. The van der Waals surface area contributed by atoms with Gasteiger partial charge in [-0.15, -0.1) is 0 Å². The molecule has 3 rings (SSSR count). The Balaban J connectivity index is 2.29. The highest BCUT2D eigenvalue weighted by Gasteiger charge is 2.12. The van der Waals surface area contributed by atoms with Crippen molar-refractivity contribution in [3.05, 3.63) is 66.0 Å². The quantitative estimate of drug-likeness (QED) is 0.469. The Morgan fingerprint density at radius 1 is 0.882 bits per heavy atom. The third-order valence-electron chi connectivity index (χ3n) is 2.72. The maximum Gasteiger partial charge on any atom is 0.242 e. The summed E-state index contributed by atoms with van der Waals surface area (Å²) in [5.41, 5.74) is 1.92. The van der Waals surface area contributed by atoms with Crippen molar-refractivity contribution < 1.29 is 4.73 Å². The number of aromatic nitrogens is 2. The normalized spacial score (nSPS) is 10.6. The van der Waals surface area contributed by atoms with Crippen LogP contribution in [-0.4, -0.2) is 4.98 Å². The molecule has 0 aliphatic heterocycles. The van der Waals surface area contributed by atoms with Gasteiger partial charge in [0.25, 0.3) is 0 Å². The van der Waals surface area contributed by atoms with Crippen LogP contribution in [0.1, 0.15) is 0 Å². The first-order chi connectivity index (χ1) is 8.36. The van der Waals surface area contributed by atoms with Crippen molar-refractivity contribution >= 4 is 10.9 Å². The molecule has 3 aromatic rings. The average Bonchev–Trinajstić information content (AvgIpc) is 2.40. The lowest BCUT2D eigenvalue weighted by Gasteiger charge is -2.06. The first-order valence-electron chi connectivity index (χ1n) is 5.39. The van der Waals surface area contributed by atoms with E-state index in [-0.39, 0.29) is 0 Å². The van der Waals surface area contributed by atoms with Gasteiger partial charge in [0.05, 0.1) is 0 Å². The Labute approximate surface area is 98.6 Å². The van der Waals surface area contributed by atoms with E-state index in [1.807, 2.05) is 48.5 Å². The molecule has 82 valence electrons. The molecule has 1 aromatic carbocycles. The van der Waals surface area contributed by atoms with Gasteiger partial charge in [-0.25, -0.2) is 4.98 Å². The summed E-state index contributed by atoms with van der Waals surface area (Å²) in [5, 5.41) is 13.1. The van der Waals surface area contributed by atoms with Crippen LogP contribution in [0.25, 0.3) is 22.3 Å². The number of benzene rings is 1.